The molecule has 2 aromatic heterocycles. The van der Waals surface area contributed by atoms with Crippen LogP contribution < -0.4 is 0 Å². The molecule has 2 atom stereocenters. The Morgan fingerprint density at radius 1 is 1.43 bits per heavy atom. The van der Waals surface area contributed by atoms with Crippen molar-refractivity contribution in [3.8, 4) is 0 Å². The highest BCUT2D eigenvalue weighted by molar-refractivity contribution is 6.29. The van der Waals surface area contributed by atoms with E-state index < -0.39 is 0 Å². The lowest BCUT2D eigenvalue weighted by molar-refractivity contribution is 0.776. The number of fused-ring (bicyclic) bond motifs is 1. The standard InChI is InChI=1S/C9H9ClN4/c1-5-4-6(5)9-12-11-8-3-2-7(10)13-14(8)9/h2-3,5-6H,4H2,1H3/t5-,6-/m1/s1. The lowest BCUT2D eigenvalue weighted by Crippen LogP contribution is -1.97. The van der Waals surface area contributed by atoms with Gasteiger partial charge in [-0.3, -0.25) is 0 Å². The van der Waals surface area contributed by atoms with Crippen molar-refractivity contribution in [3.63, 3.8) is 0 Å². The van der Waals surface area contributed by atoms with Crippen LogP contribution in [0.5, 0.6) is 0 Å². The SMILES string of the molecule is C[C@@H]1C[C@H]1c1nnc2ccc(Cl)nn12. The largest absolute Gasteiger partial charge is 0.196 e. The fourth-order valence-corrected chi connectivity index (χ4v) is 1.83. The summed E-state index contributed by atoms with van der Waals surface area (Å²) >= 11 is 5.82. The molecule has 0 saturated heterocycles. The molecule has 1 aliphatic rings. The van der Waals surface area contributed by atoms with Crippen molar-refractivity contribution in [3.05, 3.63) is 23.1 Å². The normalized spacial score (nSPS) is 25.6. The molecule has 0 unspecified atom stereocenters. The molecule has 72 valence electrons. The van der Waals surface area contributed by atoms with Crippen LogP contribution in [0, 0.1) is 5.92 Å². The van der Waals surface area contributed by atoms with Crippen LogP contribution >= 0.6 is 11.6 Å². The van der Waals surface area contributed by atoms with Crippen LogP contribution in [0.1, 0.15) is 25.1 Å². The van der Waals surface area contributed by atoms with Crippen LogP contribution in [0.4, 0.5) is 0 Å². The highest BCUT2D eigenvalue weighted by atomic mass is 35.5. The lowest BCUT2D eigenvalue weighted by atomic mass is 10.3. The first-order valence-electron chi connectivity index (χ1n) is 4.63. The zero-order valence-corrected chi connectivity index (χ0v) is 8.44. The average Bonchev–Trinajstić information content (AvgIpc) is 2.75. The number of hydrogen-bond donors (Lipinski definition) is 0. The zero-order chi connectivity index (χ0) is 9.71. The Labute approximate surface area is 85.9 Å². The van der Waals surface area contributed by atoms with Crippen molar-refractivity contribution in [2.24, 2.45) is 5.92 Å². The first kappa shape index (κ1) is 8.17. The number of halogens is 1. The molecule has 0 N–H and O–H groups in total. The van der Waals surface area contributed by atoms with E-state index in [0.29, 0.717) is 17.0 Å². The molecule has 5 heteroatoms. The molecule has 14 heavy (non-hydrogen) atoms. The molecule has 0 aliphatic heterocycles. The molecule has 3 rings (SSSR count). The Morgan fingerprint density at radius 2 is 2.21 bits per heavy atom. The summed E-state index contributed by atoms with van der Waals surface area (Å²) < 4.78 is 1.75. The van der Waals surface area contributed by atoms with Gasteiger partial charge in [-0.25, -0.2) is 0 Å². The Morgan fingerprint density at radius 3 is 2.93 bits per heavy atom. The summed E-state index contributed by atoms with van der Waals surface area (Å²) in [6.45, 7) is 2.20. The molecule has 0 bridgehead atoms. The Kier molecular flexibility index (Phi) is 1.56. The van der Waals surface area contributed by atoms with Gasteiger partial charge < -0.3 is 0 Å². The predicted octanol–water partition coefficient (Wildman–Crippen LogP) is 1.90. The van der Waals surface area contributed by atoms with E-state index in [1.54, 1.807) is 10.6 Å². The molecule has 1 saturated carbocycles. The molecule has 0 spiro atoms. The minimum atomic E-state index is 0.479. The van der Waals surface area contributed by atoms with Crippen molar-refractivity contribution in [1.82, 2.24) is 19.8 Å². The summed E-state index contributed by atoms with van der Waals surface area (Å²) in [5, 5.41) is 12.9. The van der Waals surface area contributed by atoms with Crippen LogP contribution in [0.2, 0.25) is 5.15 Å². The van der Waals surface area contributed by atoms with Gasteiger partial charge in [-0.2, -0.15) is 9.61 Å². The van der Waals surface area contributed by atoms with Crippen molar-refractivity contribution >= 4 is 17.2 Å². The van der Waals surface area contributed by atoms with E-state index >= 15 is 0 Å². The highest BCUT2D eigenvalue weighted by Gasteiger charge is 2.38. The summed E-state index contributed by atoms with van der Waals surface area (Å²) in [6, 6.07) is 3.56. The summed E-state index contributed by atoms with van der Waals surface area (Å²) in [5.74, 6) is 2.15. The third-order valence-electron chi connectivity index (χ3n) is 2.70. The molecular formula is C9H9ClN4. The van der Waals surface area contributed by atoms with E-state index in [9.17, 15) is 0 Å². The first-order chi connectivity index (χ1) is 6.75. The molecule has 1 fully saturated rings. The van der Waals surface area contributed by atoms with Gasteiger partial charge in [-0.15, -0.1) is 10.2 Å². The Bertz CT molecular complexity index is 493. The predicted molar refractivity (Wildman–Crippen MR) is 52.3 cm³/mol. The third kappa shape index (κ3) is 1.10. The van der Waals surface area contributed by atoms with E-state index in [0.717, 1.165) is 11.5 Å². The maximum absolute atomic E-state index is 5.82. The van der Waals surface area contributed by atoms with Gasteiger partial charge >= 0.3 is 0 Å². The molecule has 1 aliphatic carbocycles. The molecule has 4 nitrogen and oxygen atoms in total. The maximum Gasteiger partial charge on any atom is 0.178 e. The summed E-state index contributed by atoms with van der Waals surface area (Å²) in [6.07, 6.45) is 1.18. The Balaban J connectivity index is 2.19. The van der Waals surface area contributed by atoms with E-state index in [1.807, 2.05) is 6.07 Å². The van der Waals surface area contributed by atoms with Gasteiger partial charge in [-0.1, -0.05) is 18.5 Å². The van der Waals surface area contributed by atoms with E-state index in [-0.39, 0.29) is 0 Å². The van der Waals surface area contributed by atoms with Crippen LogP contribution in [0.3, 0.4) is 0 Å². The average molecular weight is 209 g/mol. The van der Waals surface area contributed by atoms with Gasteiger partial charge in [-0.05, 0) is 24.5 Å². The monoisotopic (exact) mass is 208 g/mol. The topological polar surface area (TPSA) is 43.1 Å². The molecule has 2 aromatic rings. The third-order valence-corrected chi connectivity index (χ3v) is 2.90. The molecular weight excluding hydrogens is 200 g/mol. The summed E-state index contributed by atoms with van der Waals surface area (Å²) in [7, 11) is 0. The van der Waals surface area contributed by atoms with Gasteiger partial charge in [0.25, 0.3) is 0 Å². The number of hydrogen-bond acceptors (Lipinski definition) is 3. The van der Waals surface area contributed by atoms with Crippen molar-refractivity contribution in [1.29, 1.82) is 0 Å². The minimum absolute atomic E-state index is 0.479. The van der Waals surface area contributed by atoms with Gasteiger partial charge in [0.05, 0.1) is 0 Å². The fraction of sp³-hybridized carbons (Fsp3) is 0.444. The van der Waals surface area contributed by atoms with Crippen LogP contribution in [-0.2, 0) is 0 Å². The molecule has 0 aromatic carbocycles. The second-order valence-electron chi connectivity index (χ2n) is 3.80. The van der Waals surface area contributed by atoms with Crippen molar-refractivity contribution < 1.29 is 0 Å². The van der Waals surface area contributed by atoms with Crippen LogP contribution in [0.15, 0.2) is 12.1 Å². The van der Waals surface area contributed by atoms with Crippen molar-refractivity contribution in [2.75, 3.05) is 0 Å². The zero-order valence-electron chi connectivity index (χ0n) is 7.68. The van der Waals surface area contributed by atoms with Crippen LogP contribution in [-0.4, -0.2) is 19.8 Å². The number of rotatable bonds is 1. The van der Waals surface area contributed by atoms with E-state index in [2.05, 4.69) is 22.2 Å². The van der Waals surface area contributed by atoms with Gasteiger partial charge in [0.1, 0.15) is 5.15 Å². The first-order valence-corrected chi connectivity index (χ1v) is 5.01. The second-order valence-corrected chi connectivity index (χ2v) is 4.19. The van der Waals surface area contributed by atoms with Gasteiger partial charge in [0.15, 0.2) is 11.5 Å². The van der Waals surface area contributed by atoms with E-state index in [1.165, 1.54) is 6.42 Å². The maximum atomic E-state index is 5.82. The molecule has 0 amide bonds. The Hall–Kier alpha value is -1.16. The van der Waals surface area contributed by atoms with Gasteiger partial charge in [0, 0.05) is 5.92 Å². The fourth-order valence-electron chi connectivity index (χ4n) is 1.70. The molecule has 0 radical (unpaired) electrons. The number of nitrogens with zero attached hydrogens (tertiary/aromatic N) is 4. The molecule has 2 heterocycles. The number of aromatic nitrogens is 4. The van der Waals surface area contributed by atoms with Gasteiger partial charge in [0.2, 0.25) is 0 Å². The van der Waals surface area contributed by atoms with E-state index in [4.69, 9.17) is 11.6 Å². The summed E-state index contributed by atoms with van der Waals surface area (Å²) in [5.41, 5.74) is 0.767. The lowest BCUT2D eigenvalue weighted by Gasteiger charge is -1.96. The minimum Gasteiger partial charge on any atom is -0.196 e. The summed E-state index contributed by atoms with van der Waals surface area (Å²) in [4.78, 5) is 0. The quantitative estimate of drug-likeness (QED) is 0.719. The smallest absolute Gasteiger partial charge is 0.178 e. The second kappa shape index (κ2) is 2.67. The highest BCUT2D eigenvalue weighted by Crippen LogP contribution is 2.45. The van der Waals surface area contributed by atoms with Crippen LogP contribution in [0.25, 0.3) is 5.65 Å². The van der Waals surface area contributed by atoms with Crippen molar-refractivity contribution in [2.45, 2.75) is 19.3 Å².